The van der Waals surface area contributed by atoms with Crippen LogP contribution in [0.1, 0.15) is 43.2 Å². The van der Waals surface area contributed by atoms with E-state index in [4.69, 9.17) is 5.26 Å². The summed E-state index contributed by atoms with van der Waals surface area (Å²) < 4.78 is 2.28. The lowest BCUT2D eigenvalue weighted by Gasteiger charge is -2.51. The van der Waals surface area contributed by atoms with E-state index in [9.17, 15) is 4.79 Å². The van der Waals surface area contributed by atoms with Crippen molar-refractivity contribution in [3.05, 3.63) is 84.4 Å². The summed E-state index contributed by atoms with van der Waals surface area (Å²) >= 11 is 1.53. The number of benzene rings is 2. The van der Waals surface area contributed by atoms with Crippen molar-refractivity contribution in [1.29, 1.82) is 5.26 Å². The third kappa shape index (κ3) is 5.95. The van der Waals surface area contributed by atoms with Crippen LogP contribution in [-0.4, -0.2) is 64.7 Å². The lowest BCUT2D eigenvalue weighted by molar-refractivity contribution is 0.0661. The van der Waals surface area contributed by atoms with Crippen LogP contribution in [0.25, 0.3) is 0 Å². The highest BCUT2D eigenvalue weighted by Gasteiger charge is 2.52. The molecule has 0 spiro atoms. The third-order valence-electron chi connectivity index (χ3n) is 10.0. The number of imidazole rings is 1. The summed E-state index contributed by atoms with van der Waals surface area (Å²) in [6.45, 7) is 6.46. The molecule has 7 nitrogen and oxygen atoms in total. The Morgan fingerprint density at radius 1 is 1.07 bits per heavy atom. The Morgan fingerprint density at radius 3 is 2.50 bits per heavy atom. The van der Waals surface area contributed by atoms with Gasteiger partial charge in [0.1, 0.15) is 0 Å². The number of carbonyl (C=O) groups is 1. The summed E-state index contributed by atoms with van der Waals surface area (Å²) in [6.07, 6.45) is 11.7. The van der Waals surface area contributed by atoms with Crippen molar-refractivity contribution in [1.82, 2.24) is 19.8 Å². The predicted octanol–water partition coefficient (Wildman–Crippen LogP) is 5.78. The lowest BCUT2D eigenvalue weighted by atomic mass is 9.59. The topological polar surface area (TPSA) is 77.2 Å². The number of amides is 1. The standard InChI is InChI=1S/C34H42N6OS/c1-36-33(41)42-32-9-5-8-31(32)34(24-39-19-16-37-25-39,28-6-3-2-4-7-28)29-14-17-38(18-15-29)21-27-22-40(23-27)30-12-10-26(20-35)11-13-30/h2-4,6-7,10-13,16,19,25,27,29,31-32H,5,8-9,14-15,17-18,21-24H2,1H3,(H,36,41)/t31-,32-,34?/m1/s1. The fraction of sp³-hybridized carbons (Fsp3) is 0.500. The molecule has 6 rings (SSSR count). The zero-order valence-corrected chi connectivity index (χ0v) is 25.4. The molecule has 3 heterocycles. The smallest absolute Gasteiger partial charge is 0.279 e. The Hall–Kier alpha value is -3.28. The number of nitrogens with zero attached hydrogens (tertiary/aromatic N) is 5. The van der Waals surface area contributed by atoms with Crippen molar-refractivity contribution in [2.24, 2.45) is 17.8 Å². The highest BCUT2D eigenvalue weighted by molar-refractivity contribution is 8.14. The predicted molar refractivity (Wildman–Crippen MR) is 170 cm³/mol. The molecule has 3 fully saturated rings. The van der Waals surface area contributed by atoms with Gasteiger partial charge in [-0.25, -0.2) is 4.98 Å². The molecule has 1 aromatic heterocycles. The van der Waals surface area contributed by atoms with Crippen molar-refractivity contribution in [3.63, 3.8) is 0 Å². The van der Waals surface area contributed by atoms with E-state index >= 15 is 0 Å². The van der Waals surface area contributed by atoms with Crippen LogP contribution in [0, 0.1) is 29.1 Å². The number of hydrogen-bond donors (Lipinski definition) is 1. The first-order valence-electron chi connectivity index (χ1n) is 15.5. The molecule has 1 N–H and O–H groups in total. The second-order valence-electron chi connectivity index (χ2n) is 12.4. The maximum atomic E-state index is 12.6. The first kappa shape index (κ1) is 28.8. The van der Waals surface area contributed by atoms with Crippen molar-refractivity contribution >= 4 is 22.7 Å². The van der Waals surface area contributed by atoms with E-state index in [0.29, 0.717) is 23.0 Å². The molecule has 2 saturated heterocycles. The second-order valence-corrected chi connectivity index (χ2v) is 13.6. The summed E-state index contributed by atoms with van der Waals surface area (Å²) in [5.41, 5.74) is 3.30. The summed E-state index contributed by atoms with van der Waals surface area (Å²) in [6, 6.07) is 21.4. The SMILES string of the molecule is CNC(=O)S[C@@H]1CCC[C@H]1C(Cn1ccnc1)(c1ccccc1)C1CCN(CC2CN(c3ccc(C#N)cc3)C2)CC1. The van der Waals surface area contributed by atoms with Crippen LogP contribution >= 0.6 is 11.8 Å². The number of thioether (sulfide) groups is 1. The van der Waals surface area contributed by atoms with E-state index < -0.39 is 0 Å². The van der Waals surface area contributed by atoms with Crippen LogP contribution in [0.2, 0.25) is 0 Å². The molecule has 0 bridgehead atoms. The number of piperidine rings is 1. The maximum Gasteiger partial charge on any atom is 0.279 e. The first-order valence-corrected chi connectivity index (χ1v) is 16.3. The quantitative estimate of drug-likeness (QED) is 0.345. The van der Waals surface area contributed by atoms with Gasteiger partial charge in [0, 0.05) is 67.9 Å². The molecule has 1 unspecified atom stereocenters. The Labute approximate surface area is 254 Å². The normalized spacial score (nSPS) is 23.2. The Morgan fingerprint density at radius 2 is 1.83 bits per heavy atom. The molecule has 42 heavy (non-hydrogen) atoms. The second kappa shape index (κ2) is 12.9. The van der Waals surface area contributed by atoms with Gasteiger partial charge in [0.15, 0.2) is 0 Å². The minimum absolute atomic E-state index is 0.0565. The monoisotopic (exact) mass is 582 g/mol. The van der Waals surface area contributed by atoms with Gasteiger partial charge < -0.3 is 19.7 Å². The Kier molecular flexibility index (Phi) is 8.87. The van der Waals surface area contributed by atoms with Gasteiger partial charge in [-0.05, 0) is 80.4 Å². The van der Waals surface area contributed by atoms with E-state index in [2.05, 4.69) is 79.4 Å². The maximum absolute atomic E-state index is 12.6. The lowest BCUT2D eigenvalue weighted by Crippen LogP contribution is -2.55. The van der Waals surface area contributed by atoms with Gasteiger partial charge in [-0.2, -0.15) is 5.26 Å². The van der Waals surface area contributed by atoms with Crippen LogP contribution < -0.4 is 10.2 Å². The van der Waals surface area contributed by atoms with Crippen molar-refractivity contribution in [2.45, 2.75) is 49.3 Å². The number of hydrogen-bond acceptors (Lipinski definition) is 6. The fourth-order valence-electron chi connectivity index (χ4n) is 8.01. The number of likely N-dealkylation sites (tertiary alicyclic amines) is 1. The van der Waals surface area contributed by atoms with E-state index in [1.807, 2.05) is 24.7 Å². The average Bonchev–Trinajstić information content (AvgIpc) is 3.71. The highest BCUT2D eigenvalue weighted by atomic mass is 32.2. The van der Waals surface area contributed by atoms with E-state index in [1.165, 1.54) is 42.3 Å². The molecule has 8 heteroatoms. The molecule has 3 atom stereocenters. The fourth-order valence-corrected chi connectivity index (χ4v) is 9.23. The van der Waals surface area contributed by atoms with Crippen LogP contribution in [0.15, 0.2) is 73.3 Å². The van der Waals surface area contributed by atoms with Gasteiger partial charge in [0.05, 0.1) is 18.0 Å². The molecule has 3 aliphatic rings. The molecular formula is C34H42N6OS. The summed E-state index contributed by atoms with van der Waals surface area (Å²) in [4.78, 5) is 22.1. The Balaban J connectivity index is 1.18. The molecular weight excluding hydrogens is 540 g/mol. The van der Waals surface area contributed by atoms with Crippen molar-refractivity contribution in [2.75, 3.05) is 44.7 Å². The van der Waals surface area contributed by atoms with Gasteiger partial charge in [0.2, 0.25) is 0 Å². The van der Waals surface area contributed by atoms with Crippen LogP contribution in [0.4, 0.5) is 10.5 Å². The van der Waals surface area contributed by atoms with Gasteiger partial charge in [0.25, 0.3) is 5.24 Å². The number of aromatic nitrogens is 2. The molecule has 3 aromatic rings. The molecule has 220 valence electrons. The largest absolute Gasteiger partial charge is 0.371 e. The third-order valence-corrected chi connectivity index (χ3v) is 11.3. The zero-order valence-electron chi connectivity index (χ0n) is 24.6. The summed E-state index contributed by atoms with van der Waals surface area (Å²) in [7, 11) is 1.75. The average molecular weight is 583 g/mol. The van der Waals surface area contributed by atoms with Gasteiger partial charge >= 0.3 is 0 Å². The summed E-state index contributed by atoms with van der Waals surface area (Å²) in [5, 5.41) is 12.4. The summed E-state index contributed by atoms with van der Waals surface area (Å²) in [5.74, 6) is 1.64. The van der Waals surface area contributed by atoms with Crippen molar-refractivity contribution < 1.29 is 4.79 Å². The van der Waals surface area contributed by atoms with Gasteiger partial charge in [-0.1, -0.05) is 48.5 Å². The molecule has 1 amide bonds. The molecule has 0 radical (unpaired) electrons. The molecule has 1 saturated carbocycles. The number of anilines is 1. The zero-order chi connectivity index (χ0) is 28.9. The number of rotatable bonds is 9. The number of nitrogens with one attached hydrogen (secondary N) is 1. The van der Waals surface area contributed by atoms with E-state index in [-0.39, 0.29) is 10.7 Å². The molecule has 1 aliphatic carbocycles. The minimum atomic E-state index is -0.0565. The molecule has 2 aliphatic heterocycles. The number of carbonyl (C=O) groups excluding carboxylic acids is 1. The first-order chi connectivity index (χ1) is 20.6. The van der Waals surface area contributed by atoms with Crippen LogP contribution in [0.5, 0.6) is 0 Å². The van der Waals surface area contributed by atoms with E-state index in [0.717, 1.165) is 57.7 Å². The molecule has 2 aromatic carbocycles. The van der Waals surface area contributed by atoms with Crippen LogP contribution in [-0.2, 0) is 12.0 Å². The van der Waals surface area contributed by atoms with Gasteiger partial charge in [-0.15, -0.1) is 0 Å². The van der Waals surface area contributed by atoms with Gasteiger partial charge in [-0.3, -0.25) is 4.79 Å². The Bertz CT molecular complexity index is 1340. The van der Waals surface area contributed by atoms with Crippen LogP contribution in [0.3, 0.4) is 0 Å². The van der Waals surface area contributed by atoms with E-state index in [1.54, 1.807) is 7.05 Å². The number of nitriles is 1. The minimum Gasteiger partial charge on any atom is -0.371 e. The highest BCUT2D eigenvalue weighted by Crippen LogP contribution is 2.54. The van der Waals surface area contributed by atoms with Crippen molar-refractivity contribution in [3.8, 4) is 6.07 Å².